The van der Waals surface area contributed by atoms with E-state index in [1.54, 1.807) is 0 Å². The summed E-state index contributed by atoms with van der Waals surface area (Å²) in [5.41, 5.74) is 8.18. The minimum absolute atomic E-state index is 0.105. The van der Waals surface area contributed by atoms with Crippen LogP contribution >= 0.6 is 0 Å². The molecule has 2 aromatic heterocycles. The molecule has 0 N–H and O–H groups in total. The summed E-state index contributed by atoms with van der Waals surface area (Å²) in [7, 11) is 0. The van der Waals surface area contributed by atoms with Crippen molar-refractivity contribution < 1.29 is 0 Å². The monoisotopic (exact) mass is 438 g/mol. The summed E-state index contributed by atoms with van der Waals surface area (Å²) >= 11 is 0. The van der Waals surface area contributed by atoms with Gasteiger partial charge in [-0.1, -0.05) is 86.6 Å². The van der Waals surface area contributed by atoms with Crippen LogP contribution in [-0.2, 0) is 5.41 Å². The first-order valence-corrected chi connectivity index (χ1v) is 11.7. The van der Waals surface area contributed by atoms with Gasteiger partial charge in [0.15, 0.2) is 0 Å². The number of hydrogen-bond acceptors (Lipinski definition) is 1. The average Bonchev–Trinajstić information content (AvgIpc) is 3.23. The Labute approximate surface area is 200 Å². The second kappa shape index (κ2) is 8.00. The fourth-order valence-corrected chi connectivity index (χ4v) is 4.99. The zero-order valence-corrected chi connectivity index (χ0v) is 19.4. The molecular formula is C32H26N2. The number of para-hydroxylation sites is 2. The Morgan fingerprint density at radius 2 is 1.26 bits per heavy atom. The van der Waals surface area contributed by atoms with Gasteiger partial charge >= 0.3 is 0 Å². The van der Waals surface area contributed by atoms with E-state index in [0.717, 1.165) is 11.3 Å². The van der Waals surface area contributed by atoms with E-state index in [2.05, 4.69) is 134 Å². The standard InChI is InChI=1S/C32H26N2/c1-32(2,24-11-5-3-6-12-24)25-19-20-33-29(22-25)23-17-18-31-28(21-23)27-15-9-10-16-30(27)34(31)26-13-7-4-8-14-26/h3-22H,1-2H3. The van der Waals surface area contributed by atoms with Gasteiger partial charge in [-0.3, -0.25) is 4.98 Å². The smallest absolute Gasteiger partial charge is 0.0705 e. The van der Waals surface area contributed by atoms with E-state index in [-0.39, 0.29) is 5.41 Å². The Kier molecular flexibility index (Phi) is 4.81. The van der Waals surface area contributed by atoms with Crippen LogP contribution in [0.5, 0.6) is 0 Å². The number of hydrogen-bond donors (Lipinski definition) is 0. The normalized spacial score (nSPS) is 11.8. The van der Waals surface area contributed by atoms with Gasteiger partial charge in [-0.2, -0.15) is 0 Å². The number of aromatic nitrogens is 2. The second-order valence-electron chi connectivity index (χ2n) is 9.34. The highest BCUT2D eigenvalue weighted by Crippen LogP contribution is 2.36. The summed E-state index contributed by atoms with van der Waals surface area (Å²) in [6, 6.07) is 41.0. The lowest BCUT2D eigenvalue weighted by molar-refractivity contribution is 0.640. The Bertz CT molecular complexity index is 1610. The van der Waals surface area contributed by atoms with Gasteiger partial charge in [0, 0.05) is 33.6 Å². The quantitative estimate of drug-likeness (QED) is 0.271. The highest BCUT2D eigenvalue weighted by atomic mass is 15.0. The van der Waals surface area contributed by atoms with E-state index < -0.39 is 0 Å². The molecule has 2 nitrogen and oxygen atoms in total. The molecule has 0 atom stereocenters. The second-order valence-corrected chi connectivity index (χ2v) is 9.34. The van der Waals surface area contributed by atoms with Crippen molar-refractivity contribution in [2.45, 2.75) is 19.3 Å². The summed E-state index contributed by atoms with van der Waals surface area (Å²) in [5.74, 6) is 0. The zero-order chi connectivity index (χ0) is 23.1. The third-order valence-electron chi connectivity index (χ3n) is 6.96. The molecule has 164 valence electrons. The van der Waals surface area contributed by atoms with Gasteiger partial charge in [-0.15, -0.1) is 0 Å². The first kappa shape index (κ1) is 20.4. The maximum Gasteiger partial charge on any atom is 0.0705 e. The van der Waals surface area contributed by atoms with Gasteiger partial charge < -0.3 is 4.57 Å². The van der Waals surface area contributed by atoms with Crippen molar-refractivity contribution in [3.8, 4) is 16.9 Å². The van der Waals surface area contributed by atoms with E-state index in [1.165, 1.54) is 38.6 Å². The van der Waals surface area contributed by atoms with Crippen molar-refractivity contribution in [3.63, 3.8) is 0 Å². The van der Waals surface area contributed by atoms with Crippen LogP contribution < -0.4 is 0 Å². The van der Waals surface area contributed by atoms with Gasteiger partial charge in [0.2, 0.25) is 0 Å². The third kappa shape index (κ3) is 3.31. The number of pyridine rings is 1. The topological polar surface area (TPSA) is 17.8 Å². The largest absolute Gasteiger partial charge is 0.309 e. The molecule has 4 aromatic carbocycles. The first-order chi connectivity index (χ1) is 16.6. The van der Waals surface area contributed by atoms with Gasteiger partial charge in [0.25, 0.3) is 0 Å². The van der Waals surface area contributed by atoms with E-state index in [4.69, 9.17) is 4.98 Å². The maximum absolute atomic E-state index is 4.76. The molecule has 0 unspecified atom stereocenters. The van der Waals surface area contributed by atoms with Crippen LogP contribution in [0, 0.1) is 0 Å². The molecular weight excluding hydrogens is 412 g/mol. The SMILES string of the molecule is CC(C)(c1ccccc1)c1ccnc(-c2ccc3c(c2)c2ccccc2n3-c2ccccc2)c1. The summed E-state index contributed by atoms with van der Waals surface area (Å²) in [6.07, 6.45) is 1.94. The van der Waals surface area contributed by atoms with Gasteiger partial charge in [-0.25, -0.2) is 0 Å². The molecule has 2 heterocycles. The van der Waals surface area contributed by atoms with Crippen molar-refractivity contribution in [1.29, 1.82) is 0 Å². The van der Waals surface area contributed by atoms with Crippen molar-refractivity contribution in [3.05, 3.63) is 133 Å². The van der Waals surface area contributed by atoms with Crippen LogP contribution in [-0.4, -0.2) is 9.55 Å². The molecule has 0 aliphatic rings. The molecule has 2 heteroatoms. The predicted octanol–water partition coefficient (Wildman–Crippen LogP) is 8.17. The Balaban J connectivity index is 1.51. The van der Waals surface area contributed by atoms with Crippen LogP contribution in [0.3, 0.4) is 0 Å². The van der Waals surface area contributed by atoms with Crippen LogP contribution in [0.2, 0.25) is 0 Å². The molecule has 6 aromatic rings. The van der Waals surface area contributed by atoms with Gasteiger partial charge in [0.1, 0.15) is 0 Å². The minimum Gasteiger partial charge on any atom is -0.309 e. The molecule has 0 fully saturated rings. The first-order valence-electron chi connectivity index (χ1n) is 11.7. The van der Waals surface area contributed by atoms with E-state index in [1.807, 2.05) is 6.20 Å². The molecule has 0 aliphatic carbocycles. The van der Waals surface area contributed by atoms with Crippen LogP contribution in [0.25, 0.3) is 38.8 Å². The summed E-state index contributed by atoms with van der Waals surface area (Å²) in [4.78, 5) is 4.76. The van der Waals surface area contributed by atoms with E-state index in [9.17, 15) is 0 Å². The van der Waals surface area contributed by atoms with Crippen molar-refractivity contribution in [2.75, 3.05) is 0 Å². The molecule has 0 bridgehead atoms. The molecule has 34 heavy (non-hydrogen) atoms. The Morgan fingerprint density at radius 1 is 0.588 bits per heavy atom. The lowest BCUT2D eigenvalue weighted by atomic mass is 9.78. The average molecular weight is 439 g/mol. The molecule has 0 spiro atoms. The number of rotatable bonds is 4. The highest BCUT2D eigenvalue weighted by Gasteiger charge is 2.23. The molecule has 6 rings (SSSR count). The lowest BCUT2D eigenvalue weighted by Crippen LogP contribution is -2.18. The molecule has 0 aliphatic heterocycles. The minimum atomic E-state index is -0.105. The summed E-state index contributed by atoms with van der Waals surface area (Å²) in [5, 5.41) is 2.50. The molecule has 0 saturated heterocycles. The molecule has 0 radical (unpaired) electrons. The predicted molar refractivity (Wildman–Crippen MR) is 143 cm³/mol. The Hall–Kier alpha value is -4.17. The fraction of sp³-hybridized carbons (Fsp3) is 0.0938. The Morgan fingerprint density at radius 3 is 2.06 bits per heavy atom. The number of benzene rings is 4. The van der Waals surface area contributed by atoms with Gasteiger partial charge in [0.05, 0.1) is 16.7 Å². The zero-order valence-electron chi connectivity index (χ0n) is 19.4. The molecule has 0 saturated carbocycles. The lowest BCUT2D eigenvalue weighted by Gasteiger charge is -2.26. The van der Waals surface area contributed by atoms with Crippen LogP contribution in [0.4, 0.5) is 0 Å². The van der Waals surface area contributed by atoms with Crippen LogP contribution in [0.1, 0.15) is 25.0 Å². The van der Waals surface area contributed by atoms with Gasteiger partial charge in [-0.05, 0) is 53.6 Å². The summed E-state index contributed by atoms with van der Waals surface area (Å²) < 4.78 is 2.34. The van der Waals surface area contributed by atoms with E-state index in [0.29, 0.717) is 0 Å². The van der Waals surface area contributed by atoms with E-state index >= 15 is 0 Å². The number of fused-ring (bicyclic) bond motifs is 3. The van der Waals surface area contributed by atoms with Crippen molar-refractivity contribution in [1.82, 2.24) is 9.55 Å². The maximum atomic E-state index is 4.76. The fourth-order valence-electron chi connectivity index (χ4n) is 4.99. The van der Waals surface area contributed by atoms with Crippen molar-refractivity contribution in [2.24, 2.45) is 0 Å². The van der Waals surface area contributed by atoms with Crippen LogP contribution in [0.15, 0.2) is 121 Å². The number of nitrogens with zero attached hydrogens (tertiary/aromatic N) is 2. The third-order valence-corrected chi connectivity index (χ3v) is 6.96. The summed E-state index contributed by atoms with van der Waals surface area (Å²) in [6.45, 7) is 4.55. The van der Waals surface area contributed by atoms with Crippen molar-refractivity contribution >= 4 is 21.8 Å². The highest BCUT2D eigenvalue weighted by molar-refractivity contribution is 6.10. The molecule has 0 amide bonds.